The topological polar surface area (TPSA) is 82.0 Å². The first-order valence-corrected chi connectivity index (χ1v) is 8.17. The lowest BCUT2D eigenvalue weighted by Gasteiger charge is -2.30. The average Bonchev–Trinajstić information content (AvgIpc) is 2.52. The zero-order valence-corrected chi connectivity index (χ0v) is 14.5. The molecule has 2 rings (SSSR count). The highest BCUT2D eigenvalue weighted by molar-refractivity contribution is 5.89. The van der Waals surface area contributed by atoms with Gasteiger partial charge in [-0.25, -0.2) is 4.79 Å². The summed E-state index contributed by atoms with van der Waals surface area (Å²) < 4.78 is 0. The fourth-order valence-electron chi connectivity index (χ4n) is 2.52. The second kappa shape index (κ2) is 7.47. The van der Waals surface area contributed by atoms with Crippen LogP contribution in [0.4, 0.5) is 5.69 Å². The summed E-state index contributed by atoms with van der Waals surface area (Å²) in [5, 5.41) is 13.2. The molecule has 0 aliphatic carbocycles. The minimum absolute atomic E-state index is 0.00905. The van der Waals surface area contributed by atoms with Gasteiger partial charge in [0.25, 0.3) is 0 Å². The average molecular weight is 331 g/mol. The molecule has 1 saturated heterocycles. The van der Waals surface area contributed by atoms with E-state index in [4.69, 9.17) is 5.11 Å². The lowest BCUT2D eigenvalue weighted by Crippen LogP contribution is -2.40. The van der Waals surface area contributed by atoms with E-state index in [1.165, 1.54) is 0 Å². The Hall–Kier alpha value is -2.37. The van der Waals surface area contributed by atoms with E-state index >= 15 is 0 Å². The van der Waals surface area contributed by atoms with Gasteiger partial charge in [0.2, 0.25) is 5.91 Å². The number of aromatic carboxylic acids is 1. The van der Waals surface area contributed by atoms with Crippen molar-refractivity contribution in [3.63, 3.8) is 0 Å². The van der Waals surface area contributed by atoms with Crippen molar-refractivity contribution in [2.45, 2.75) is 40.0 Å². The van der Waals surface area contributed by atoms with Crippen molar-refractivity contribution in [1.29, 1.82) is 0 Å². The number of hydrogen-bond donors (Lipinski definition) is 2. The summed E-state index contributed by atoms with van der Waals surface area (Å²) in [5.74, 6) is -0.737. The number of amides is 1. The molecule has 0 spiro atoms. The fourth-order valence-corrected chi connectivity index (χ4v) is 2.52. The Kier molecular flexibility index (Phi) is 5.59. The number of benzene rings is 1. The van der Waals surface area contributed by atoms with Crippen LogP contribution in [0.3, 0.4) is 0 Å². The Morgan fingerprint density at radius 2 is 1.75 bits per heavy atom. The van der Waals surface area contributed by atoms with Crippen molar-refractivity contribution >= 4 is 23.3 Å². The Bertz CT molecular complexity index is 620. The normalized spacial score (nSPS) is 15.1. The summed E-state index contributed by atoms with van der Waals surface area (Å²) >= 11 is 0. The molecule has 0 unspecified atom stereocenters. The molecule has 1 aliphatic rings. The number of rotatable bonds is 4. The molecule has 1 aromatic carbocycles. The molecule has 6 heteroatoms. The highest BCUT2D eigenvalue weighted by atomic mass is 16.4. The van der Waals surface area contributed by atoms with Gasteiger partial charge in [0, 0.05) is 38.1 Å². The maximum absolute atomic E-state index is 12.2. The third-order valence-electron chi connectivity index (χ3n) is 3.85. The van der Waals surface area contributed by atoms with Crippen LogP contribution in [-0.4, -0.2) is 40.7 Å². The summed E-state index contributed by atoms with van der Waals surface area (Å²) in [6.45, 7) is 7.62. The Labute approximate surface area is 142 Å². The van der Waals surface area contributed by atoms with Crippen LogP contribution >= 0.6 is 0 Å². The zero-order chi connectivity index (χ0) is 17.7. The van der Waals surface area contributed by atoms with Crippen LogP contribution in [0.25, 0.3) is 0 Å². The van der Waals surface area contributed by atoms with Crippen molar-refractivity contribution in [3.05, 3.63) is 29.8 Å². The predicted octanol–water partition coefficient (Wildman–Crippen LogP) is 3.21. The first-order chi connectivity index (χ1) is 11.2. The van der Waals surface area contributed by atoms with Gasteiger partial charge in [-0.05, 0) is 29.7 Å². The molecule has 2 N–H and O–H groups in total. The van der Waals surface area contributed by atoms with Gasteiger partial charge >= 0.3 is 5.97 Å². The largest absolute Gasteiger partial charge is 0.478 e. The lowest BCUT2D eigenvalue weighted by atomic mass is 9.91. The van der Waals surface area contributed by atoms with E-state index in [-0.39, 0.29) is 16.9 Å². The summed E-state index contributed by atoms with van der Waals surface area (Å²) in [5.41, 5.74) is 4.99. The van der Waals surface area contributed by atoms with Crippen LogP contribution in [-0.2, 0) is 4.79 Å². The molecule has 6 nitrogen and oxygen atoms in total. The molecule has 1 heterocycles. The van der Waals surface area contributed by atoms with Crippen LogP contribution in [0.1, 0.15) is 50.4 Å². The van der Waals surface area contributed by atoms with Crippen molar-refractivity contribution in [2.75, 3.05) is 18.5 Å². The molecule has 0 radical (unpaired) electrons. The number of carbonyl (C=O) groups is 2. The van der Waals surface area contributed by atoms with Gasteiger partial charge in [0.1, 0.15) is 0 Å². The first-order valence-electron chi connectivity index (χ1n) is 8.17. The van der Waals surface area contributed by atoms with Gasteiger partial charge in [0.15, 0.2) is 0 Å². The fraction of sp³-hybridized carbons (Fsp3) is 0.500. The van der Waals surface area contributed by atoms with E-state index in [9.17, 15) is 9.59 Å². The van der Waals surface area contributed by atoms with Crippen molar-refractivity contribution in [3.8, 4) is 0 Å². The van der Waals surface area contributed by atoms with E-state index < -0.39 is 5.97 Å². The summed E-state index contributed by atoms with van der Waals surface area (Å²) in [4.78, 5) is 24.9. The summed E-state index contributed by atoms with van der Waals surface area (Å²) in [6.07, 6.45) is 2.08. The number of anilines is 1. The molecular weight excluding hydrogens is 306 g/mol. The van der Waals surface area contributed by atoms with E-state index in [2.05, 4.69) is 31.3 Å². The van der Waals surface area contributed by atoms with E-state index in [1.54, 1.807) is 24.3 Å². The highest BCUT2D eigenvalue weighted by Gasteiger charge is 2.24. The van der Waals surface area contributed by atoms with Crippen LogP contribution in [0, 0.1) is 5.41 Å². The molecule has 1 aliphatic heterocycles. The van der Waals surface area contributed by atoms with Gasteiger partial charge in [0.05, 0.1) is 11.3 Å². The lowest BCUT2D eigenvalue weighted by molar-refractivity contribution is -0.133. The molecule has 0 aromatic heterocycles. The smallest absolute Gasteiger partial charge is 0.335 e. The summed E-state index contributed by atoms with van der Waals surface area (Å²) in [6, 6.07) is 6.46. The molecule has 0 atom stereocenters. The van der Waals surface area contributed by atoms with Crippen molar-refractivity contribution < 1.29 is 14.7 Å². The molecule has 1 amide bonds. The predicted molar refractivity (Wildman–Crippen MR) is 94.3 cm³/mol. The molecular formula is C18H25N3O3. The third kappa shape index (κ3) is 5.37. The van der Waals surface area contributed by atoms with Gasteiger partial charge in [-0.3, -0.25) is 10.2 Å². The number of hydrazone groups is 1. The number of carboxylic acid groups (broad SMARTS) is 1. The molecule has 0 saturated carbocycles. The van der Waals surface area contributed by atoms with Crippen LogP contribution in [0.15, 0.2) is 29.4 Å². The van der Waals surface area contributed by atoms with Crippen LogP contribution in [0.5, 0.6) is 0 Å². The van der Waals surface area contributed by atoms with Gasteiger partial charge in [-0.15, -0.1) is 0 Å². The number of likely N-dealkylation sites (tertiary alicyclic amines) is 1. The summed E-state index contributed by atoms with van der Waals surface area (Å²) in [7, 11) is 0. The highest BCUT2D eigenvalue weighted by Crippen LogP contribution is 2.21. The van der Waals surface area contributed by atoms with Crippen molar-refractivity contribution in [1.82, 2.24) is 4.90 Å². The van der Waals surface area contributed by atoms with Gasteiger partial charge < -0.3 is 10.0 Å². The Morgan fingerprint density at radius 1 is 1.17 bits per heavy atom. The second-order valence-electron chi connectivity index (χ2n) is 7.29. The Balaban J connectivity index is 1.84. The number of nitrogens with one attached hydrogen (secondary N) is 1. The van der Waals surface area contributed by atoms with Gasteiger partial charge in [-0.1, -0.05) is 20.8 Å². The number of piperidine rings is 1. The SMILES string of the molecule is CC(C)(C)CC(=O)N1CCC(=NNc2ccc(C(=O)O)cc2)CC1. The monoisotopic (exact) mass is 331 g/mol. The maximum Gasteiger partial charge on any atom is 0.335 e. The molecule has 0 bridgehead atoms. The minimum atomic E-state index is -0.944. The van der Waals surface area contributed by atoms with E-state index in [0.717, 1.165) is 24.2 Å². The third-order valence-corrected chi connectivity index (χ3v) is 3.85. The van der Waals surface area contributed by atoms with Gasteiger partial charge in [-0.2, -0.15) is 5.10 Å². The van der Waals surface area contributed by atoms with Crippen LogP contribution < -0.4 is 5.43 Å². The van der Waals surface area contributed by atoms with E-state index in [0.29, 0.717) is 19.5 Å². The molecule has 1 fully saturated rings. The zero-order valence-electron chi connectivity index (χ0n) is 14.5. The second-order valence-corrected chi connectivity index (χ2v) is 7.29. The molecule has 1 aromatic rings. The standard InChI is InChI=1S/C18H25N3O3/c1-18(2,3)12-16(22)21-10-8-15(9-11-21)20-19-14-6-4-13(5-7-14)17(23)24/h4-7,19H,8-12H2,1-3H3,(H,23,24). The Morgan fingerprint density at radius 3 is 2.25 bits per heavy atom. The van der Waals surface area contributed by atoms with Crippen molar-refractivity contribution in [2.24, 2.45) is 10.5 Å². The quantitative estimate of drug-likeness (QED) is 0.830. The number of carbonyl (C=O) groups excluding carboxylic acids is 1. The number of hydrogen-bond acceptors (Lipinski definition) is 4. The van der Waals surface area contributed by atoms with Crippen LogP contribution in [0.2, 0.25) is 0 Å². The van der Waals surface area contributed by atoms with E-state index in [1.807, 2.05) is 4.90 Å². The number of carboxylic acids is 1. The molecule has 24 heavy (non-hydrogen) atoms. The minimum Gasteiger partial charge on any atom is -0.478 e. The first kappa shape index (κ1) is 18.0. The molecule has 130 valence electrons. The number of nitrogens with zero attached hydrogens (tertiary/aromatic N) is 2. The maximum atomic E-state index is 12.2.